The summed E-state index contributed by atoms with van der Waals surface area (Å²) in [7, 11) is 0. The van der Waals surface area contributed by atoms with Gasteiger partial charge in [0.2, 0.25) is 0 Å². The molecule has 0 fully saturated rings. The van der Waals surface area contributed by atoms with Gasteiger partial charge in [0.15, 0.2) is 0 Å². The van der Waals surface area contributed by atoms with Crippen molar-refractivity contribution in [3.05, 3.63) is 297 Å². The number of aromatic nitrogens is 2. The summed E-state index contributed by atoms with van der Waals surface area (Å²) in [5.74, 6) is 0. The van der Waals surface area contributed by atoms with E-state index in [4.69, 9.17) is 0 Å². The van der Waals surface area contributed by atoms with Gasteiger partial charge in [0.05, 0.1) is 22.1 Å². The summed E-state index contributed by atoms with van der Waals surface area (Å²) in [6.45, 7) is 0. The van der Waals surface area contributed by atoms with E-state index >= 15 is 0 Å². The largest absolute Gasteiger partial charge is 0.311 e. The lowest BCUT2D eigenvalue weighted by molar-refractivity contribution is 1.17. The molecule has 0 radical (unpaired) electrons. The van der Waals surface area contributed by atoms with Crippen molar-refractivity contribution in [1.82, 2.24) is 9.13 Å². The maximum absolute atomic E-state index is 2.43. The first-order valence-electron chi connectivity index (χ1n) is 25.7. The van der Waals surface area contributed by atoms with Gasteiger partial charge in [-0.3, -0.25) is 0 Å². The molecule has 3 nitrogen and oxygen atoms in total. The fourth-order valence-corrected chi connectivity index (χ4v) is 11.2. The molecule has 2 heterocycles. The Morgan fingerprint density at radius 1 is 0.187 bits per heavy atom. The van der Waals surface area contributed by atoms with Crippen LogP contribution in [0.5, 0.6) is 0 Å². The molecule has 0 aliphatic heterocycles. The van der Waals surface area contributed by atoms with E-state index < -0.39 is 0 Å². The van der Waals surface area contributed by atoms with Crippen LogP contribution >= 0.6 is 0 Å². The predicted octanol–water partition coefficient (Wildman–Crippen LogP) is 19.7. The number of anilines is 3. The average Bonchev–Trinajstić information content (AvgIpc) is 4.02. The van der Waals surface area contributed by atoms with Crippen molar-refractivity contribution in [2.75, 3.05) is 4.90 Å². The Hall–Kier alpha value is -9.96. The highest BCUT2D eigenvalue weighted by molar-refractivity contribution is 6.12. The van der Waals surface area contributed by atoms with Crippen LogP contribution in [0.3, 0.4) is 0 Å². The zero-order valence-electron chi connectivity index (χ0n) is 41.1. The molecule has 14 aromatic rings. The van der Waals surface area contributed by atoms with E-state index in [1.165, 1.54) is 88.2 Å². The summed E-state index contributed by atoms with van der Waals surface area (Å²) in [5, 5.41) is 4.93. The molecule has 75 heavy (non-hydrogen) atoms. The minimum Gasteiger partial charge on any atom is -0.311 e. The lowest BCUT2D eigenvalue weighted by Crippen LogP contribution is -2.10. The first-order chi connectivity index (χ1) is 37.2. The van der Waals surface area contributed by atoms with E-state index in [9.17, 15) is 0 Å². The van der Waals surface area contributed by atoms with Gasteiger partial charge in [-0.2, -0.15) is 0 Å². The Morgan fingerprint density at radius 2 is 0.467 bits per heavy atom. The van der Waals surface area contributed by atoms with E-state index in [2.05, 4.69) is 311 Å². The smallest absolute Gasteiger partial charge is 0.0541 e. The van der Waals surface area contributed by atoms with E-state index in [0.29, 0.717) is 0 Å². The molecule has 12 aromatic carbocycles. The Kier molecular flexibility index (Phi) is 10.8. The molecule has 3 heteroatoms. The minimum atomic E-state index is 1.08. The van der Waals surface area contributed by atoms with E-state index in [1.54, 1.807) is 0 Å². The SMILES string of the molecule is c1ccc(-c2ccc(-c3ccc4c(c3)c3cc(-c5ccc(-c6ccccc6)cc5)ccc3n4-c3ccc(N(c4ccccc4)c4ccc(-c5ccc6c(c5)c5ccccc5n6-c5ccccc5)cc4)cc3)cc2)cc1. The monoisotopic (exact) mass is 955 g/mol. The Morgan fingerprint density at radius 3 is 0.920 bits per heavy atom. The summed E-state index contributed by atoms with van der Waals surface area (Å²) >= 11 is 0. The molecule has 2 aromatic heterocycles. The third-order valence-electron chi connectivity index (χ3n) is 14.9. The van der Waals surface area contributed by atoms with E-state index in [-0.39, 0.29) is 0 Å². The molecule has 0 atom stereocenters. The molecule has 0 aliphatic rings. The zero-order valence-corrected chi connectivity index (χ0v) is 41.1. The maximum atomic E-state index is 2.43. The first kappa shape index (κ1) is 43.8. The molecular weight excluding hydrogens is 907 g/mol. The summed E-state index contributed by atoms with van der Waals surface area (Å²) < 4.78 is 4.79. The lowest BCUT2D eigenvalue weighted by atomic mass is 9.97. The average molecular weight is 956 g/mol. The van der Waals surface area contributed by atoms with Crippen LogP contribution < -0.4 is 4.90 Å². The zero-order chi connectivity index (χ0) is 49.7. The number of hydrogen-bond acceptors (Lipinski definition) is 1. The summed E-state index contributed by atoms with van der Waals surface area (Å²) in [6.07, 6.45) is 0. The molecule has 0 spiro atoms. The normalized spacial score (nSPS) is 11.5. The molecule has 352 valence electrons. The Labute approximate surface area is 436 Å². The Bertz CT molecular complexity index is 4190. The second-order valence-electron chi connectivity index (χ2n) is 19.3. The highest BCUT2D eigenvalue weighted by Crippen LogP contribution is 2.41. The number of hydrogen-bond donors (Lipinski definition) is 0. The van der Waals surface area contributed by atoms with Crippen molar-refractivity contribution in [3.8, 4) is 67.0 Å². The molecule has 0 bridgehead atoms. The summed E-state index contributed by atoms with van der Waals surface area (Å²) in [5.41, 5.74) is 22.3. The van der Waals surface area contributed by atoms with Crippen LogP contribution in [0.2, 0.25) is 0 Å². The quantitative estimate of drug-likeness (QED) is 0.133. The minimum absolute atomic E-state index is 1.08. The van der Waals surface area contributed by atoms with Gasteiger partial charge < -0.3 is 14.0 Å². The standard InChI is InChI=1S/C72H49N3/c1-5-15-50(16-6-1)52-25-29-54(30-26-52)58-36-45-71-67(48-58)68-49-59(55-31-27-53(28-32-55)51-17-7-2-8-18-51)37-46-72(68)75(71)64-42-40-63(41-43-64)73(60-19-9-3-10-20-60)62-38-33-56(34-39-62)57-35-44-70-66(47-57)65-23-13-14-24-69(65)74(70)61-21-11-4-12-22-61/h1-49H. The van der Waals surface area contributed by atoms with Crippen LogP contribution in [-0.4, -0.2) is 9.13 Å². The van der Waals surface area contributed by atoms with Crippen molar-refractivity contribution in [2.24, 2.45) is 0 Å². The second-order valence-corrected chi connectivity index (χ2v) is 19.3. The molecule has 0 saturated heterocycles. The van der Waals surface area contributed by atoms with Gasteiger partial charge in [0.1, 0.15) is 0 Å². The number of fused-ring (bicyclic) bond motifs is 6. The fraction of sp³-hybridized carbons (Fsp3) is 0. The molecular formula is C72H49N3. The van der Waals surface area contributed by atoms with Gasteiger partial charge in [-0.15, -0.1) is 0 Å². The van der Waals surface area contributed by atoms with Crippen molar-refractivity contribution in [2.45, 2.75) is 0 Å². The van der Waals surface area contributed by atoms with E-state index in [1.807, 2.05) is 0 Å². The topological polar surface area (TPSA) is 13.1 Å². The van der Waals surface area contributed by atoms with Crippen molar-refractivity contribution in [3.63, 3.8) is 0 Å². The fourth-order valence-electron chi connectivity index (χ4n) is 11.2. The van der Waals surface area contributed by atoms with Crippen LogP contribution in [0.15, 0.2) is 297 Å². The lowest BCUT2D eigenvalue weighted by Gasteiger charge is -2.26. The van der Waals surface area contributed by atoms with Gasteiger partial charge in [-0.25, -0.2) is 0 Å². The molecule has 0 unspecified atom stereocenters. The van der Waals surface area contributed by atoms with Gasteiger partial charge in [-0.05, 0) is 159 Å². The highest BCUT2D eigenvalue weighted by atomic mass is 15.1. The Balaban J connectivity index is 0.832. The summed E-state index contributed by atoms with van der Waals surface area (Å²) in [6, 6.07) is 108. The van der Waals surface area contributed by atoms with E-state index in [0.717, 1.165) is 39.5 Å². The third-order valence-corrected chi connectivity index (χ3v) is 14.9. The molecule has 0 aliphatic carbocycles. The van der Waals surface area contributed by atoms with Crippen LogP contribution in [0.4, 0.5) is 17.1 Å². The van der Waals surface area contributed by atoms with Crippen molar-refractivity contribution in [1.29, 1.82) is 0 Å². The van der Waals surface area contributed by atoms with Crippen LogP contribution in [0.1, 0.15) is 0 Å². The van der Waals surface area contributed by atoms with Crippen LogP contribution in [-0.2, 0) is 0 Å². The van der Waals surface area contributed by atoms with Crippen LogP contribution in [0.25, 0.3) is 111 Å². The second kappa shape index (κ2) is 18.6. The first-order valence-corrected chi connectivity index (χ1v) is 25.7. The van der Waals surface area contributed by atoms with Crippen LogP contribution in [0, 0.1) is 0 Å². The van der Waals surface area contributed by atoms with Gasteiger partial charge in [0, 0.05) is 50.0 Å². The highest BCUT2D eigenvalue weighted by Gasteiger charge is 2.19. The summed E-state index contributed by atoms with van der Waals surface area (Å²) in [4.78, 5) is 2.35. The number of nitrogens with zero attached hydrogens (tertiary/aromatic N) is 3. The molecule has 0 saturated carbocycles. The molecule has 0 amide bonds. The molecule has 14 rings (SSSR count). The van der Waals surface area contributed by atoms with Crippen molar-refractivity contribution < 1.29 is 0 Å². The number of benzene rings is 12. The maximum Gasteiger partial charge on any atom is 0.0541 e. The predicted molar refractivity (Wildman–Crippen MR) is 317 cm³/mol. The van der Waals surface area contributed by atoms with Gasteiger partial charge in [0.25, 0.3) is 0 Å². The number of para-hydroxylation sites is 3. The van der Waals surface area contributed by atoms with Crippen molar-refractivity contribution >= 4 is 60.7 Å². The number of rotatable bonds is 10. The molecule has 0 N–H and O–H groups in total. The van der Waals surface area contributed by atoms with Gasteiger partial charge >= 0.3 is 0 Å². The third kappa shape index (κ3) is 7.95. The van der Waals surface area contributed by atoms with Gasteiger partial charge in [-0.1, -0.05) is 194 Å².